The molecule has 34 heavy (non-hydrogen) atoms. The summed E-state index contributed by atoms with van der Waals surface area (Å²) >= 11 is 0. The average Bonchev–Trinajstić information content (AvgIpc) is 3.03. The van der Waals surface area contributed by atoms with Gasteiger partial charge in [-0.15, -0.1) is 0 Å². The van der Waals surface area contributed by atoms with E-state index in [1.807, 2.05) is 13.0 Å². The molecule has 13 heteroatoms. The number of hydrogen-bond acceptors (Lipinski definition) is 7. The lowest BCUT2D eigenvalue weighted by atomic mass is 10.1. The lowest BCUT2D eigenvalue weighted by molar-refractivity contribution is -0.117. The second-order valence-electron chi connectivity index (χ2n) is 8.03. The summed E-state index contributed by atoms with van der Waals surface area (Å²) in [6, 6.07) is 8.86. The average molecular weight is 511 g/mol. The fourth-order valence-corrected chi connectivity index (χ4v) is 6.47. The molecule has 0 aromatic heterocycles. The Bertz CT molecular complexity index is 1370. The maximum absolute atomic E-state index is 14.7. The number of halogens is 1. The van der Waals surface area contributed by atoms with Crippen molar-refractivity contribution in [1.82, 2.24) is 14.3 Å². The highest BCUT2D eigenvalue weighted by molar-refractivity contribution is 7.92. The Morgan fingerprint density at radius 2 is 2.00 bits per heavy atom. The number of phenols is 1. The Labute approximate surface area is 196 Å². The number of allylic oxidation sites excluding steroid dienone is 1. The molecular weight excluding hydrogens is 487 g/mol. The molecule has 0 saturated carbocycles. The van der Waals surface area contributed by atoms with Crippen molar-refractivity contribution in [3.05, 3.63) is 65.2 Å². The van der Waals surface area contributed by atoms with E-state index in [-0.39, 0.29) is 11.4 Å². The summed E-state index contributed by atoms with van der Waals surface area (Å²) in [6.45, 7) is 1.55. The third-order valence-electron chi connectivity index (χ3n) is 5.41. The van der Waals surface area contributed by atoms with Crippen LogP contribution in [0.4, 0.5) is 10.1 Å². The molecular formula is C21H23FN4O6S2. The molecule has 0 aliphatic carbocycles. The zero-order chi connectivity index (χ0) is 24.7. The number of hydrogen-bond donors (Lipinski definition) is 3. The van der Waals surface area contributed by atoms with E-state index in [0.29, 0.717) is 35.0 Å². The molecule has 0 atom stereocenters. The van der Waals surface area contributed by atoms with Gasteiger partial charge in [0.2, 0.25) is 0 Å². The zero-order valence-electron chi connectivity index (χ0n) is 18.2. The van der Waals surface area contributed by atoms with E-state index in [9.17, 15) is 31.1 Å². The second kappa shape index (κ2) is 8.80. The highest BCUT2D eigenvalue weighted by Gasteiger charge is 2.37. The molecule has 1 amide bonds. The Morgan fingerprint density at radius 1 is 1.24 bits per heavy atom. The van der Waals surface area contributed by atoms with Gasteiger partial charge in [-0.05, 0) is 55.2 Å². The number of amides is 1. The van der Waals surface area contributed by atoms with Gasteiger partial charge >= 0.3 is 10.2 Å². The van der Waals surface area contributed by atoms with Crippen molar-refractivity contribution in [3.63, 3.8) is 0 Å². The van der Waals surface area contributed by atoms with Gasteiger partial charge in [-0.2, -0.15) is 8.42 Å². The predicted molar refractivity (Wildman–Crippen MR) is 122 cm³/mol. The van der Waals surface area contributed by atoms with Crippen LogP contribution in [0.5, 0.6) is 5.75 Å². The number of sulfonamides is 1. The summed E-state index contributed by atoms with van der Waals surface area (Å²) in [4.78, 5) is 11.6. The molecule has 4 rings (SSSR count). The first-order valence-corrected chi connectivity index (χ1v) is 13.2. The highest BCUT2D eigenvalue weighted by Crippen LogP contribution is 2.34. The van der Waals surface area contributed by atoms with Crippen molar-refractivity contribution in [2.24, 2.45) is 0 Å². The van der Waals surface area contributed by atoms with Gasteiger partial charge in [0.15, 0.2) is 5.82 Å². The SMILES string of the molecule is Cc1cccc(S(=O)(=O)N2C=C(NCc3cc(O)c(N4CC(=O)NS4(=O)=O)c(F)c3)CCC2)c1. The van der Waals surface area contributed by atoms with Crippen LogP contribution in [0.2, 0.25) is 0 Å². The lowest BCUT2D eigenvalue weighted by Crippen LogP contribution is -2.32. The Balaban J connectivity index is 1.51. The van der Waals surface area contributed by atoms with Gasteiger partial charge in [0.1, 0.15) is 18.0 Å². The summed E-state index contributed by atoms with van der Waals surface area (Å²) < 4.78 is 68.0. The van der Waals surface area contributed by atoms with Gasteiger partial charge in [0.25, 0.3) is 15.9 Å². The van der Waals surface area contributed by atoms with Crippen LogP contribution in [0.1, 0.15) is 24.0 Å². The quantitative estimate of drug-likeness (QED) is 0.535. The summed E-state index contributed by atoms with van der Waals surface area (Å²) in [5.41, 5.74) is 1.12. The molecule has 2 aliphatic rings. The summed E-state index contributed by atoms with van der Waals surface area (Å²) in [5, 5.41) is 13.3. The Hall–Kier alpha value is -3.32. The fourth-order valence-electron chi connectivity index (χ4n) is 3.81. The number of aromatic hydroxyl groups is 1. The lowest BCUT2D eigenvalue weighted by Gasteiger charge is -2.27. The van der Waals surface area contributed by atoms with Crippen LogP contribution in [-0.2, 0) is 31.6 Å². The summed E-state index contributed by atoms with van der Waals surface area (Å²) in [5.74, 6) is -2.49. The second-order valence-corrected chi connectivity index (χ2v) is 11.5. The van der Waals surface area contributed by atoms with Crippen LogP contribution < -0.4 is 14.3 Å². The molecule has 1 fully saturated rings. The normalized spacial score (nSPS) is 17.9. The van der Waals surface area contributed by atoms with Crippen molar-refractivity contribution in [2.45, 2.75) is 31.2 Å². The van der Waals surface area contributed by atoms with E-state index in [0.717, 1.165) is 11.6 Å². The highest BCUT2D eigenvalue weighted by atomic mass is 32.2. The number of nitrogens with zero attached hydrogens (tertiary/aromatic N) is 2. The van der Waals surface area contributed by atoms with Crippen molar-refractivity contribution in [1.29, 1.82) is 0 Å². The van der Waals surface area contributed by atoms with Crippen LogP contribution in [0.15, 0.2) is 53.2 Å². The number of carbonyl (C=O) groups excluding carboxylic acids is 1. The topological polar surface area (TPSA) is 136 Å². The zero-order valence-corrected chi connectivity index (χ0v) is 19.8. The van der Waals surface area contributed by atoms with Gasteiger partial charge < -0.3 is 10.4 Å². The van der Waals surface area contributed by atoms with E-state index < -0.39 is 49.9 Å². The van der Waals surface area contributed by atoms with E-state index in [4.69, 9.17) is 0 Å². The third kappa shape index (κ3) is 4.66. The van der Waals surface area contributed by atoms with Crippen LogP contribution in [-0.4, -0.2) is 45.2 Å². The molecule has 10 nitrogen and oxygen atoms in total. The smallest absolute Gasteiger partial charge is 0.326 e. The van der Waals surface area contributed by atoms with Gasteiger partial charge in [-0.25, -0.2) is 21.8 Å². The minimum Gasteiger partial charge on any atom is -0.506 e. The Morgan fingerprint density at radius 3 is 2.65 bits per heavy atom. The van der Waals surface area contributed by atoms with Crippen molar-refractivity contribution < 1.29 is 31.1 Å². The molecule has 2 heterocycles. The van der Waals surface area contributed by atoms with Gasteiger partial charge in [0, 0.05) is 25.0 Å². The number of anilines is 1. The van der Waals surface area contributed by atoms with E-state index >= 15 is 0 Å². The molecule has 3 N–H and O–H groups in total. The van der Waals surface area contributed by atoms with Crippen LogP contribution >= 0.6 is 0 Å². The van der Waals surface area contributed by atoms with Crippen molar-refractivity contribution in [3.8, 4) is 5.75 Å². The molecule has 0 unspecified atom stereocenters. The number of nitrogens with one attached hydrogen (secondary N) is 2. The number of phenolic OH excluding ortho intramolecular Hbond substituents is 1. The standard InChI is InChI=1S/C21H23FN4O6S2/c1-14-4-2-6-17(8-14)33(29,30)25-7-3-5-16(12-25)23-11-15-9-18(22)21(19(27)10-15)26-13-20(28)24-34(26,31)32/h2,4,6,8-10,12,23,27H,3,5,7,11,13H2,1H3,(H,24,28). The largest absolute Gasteiger partial charge is 0.506 e. The monoisotopic (exact) mass is 510 g/mol. The molecule has 0 spiro atoms. The first-order chi connectivity index (χ1) is 16.0. The molecule has 0 bridgehead atoms. The summed E-state index contributed by atoms with van der Waals surface area (Å²) in [7, 11) is -8.00. The first kappa shape index (κ1) is 23.8. The molecule has 2 aliphatic heterocycles. The van der Waals surface area contributed by atoms with Crippen LogP contribution in [0, 0.1) is 12.7 Å². The maximum Gasteiger partial charge on any atom is 0.326 e. The molecule has 2 aromatic carbocycles. The number of aryl methyl sites for hydroxylation is 1. The van der Waals surface area contributed by atoms with Gasteiger partial charge in [-0.3, -0.25) is 9.10 Å². The van der Waals surface area contributed by atoms with Crippen LogP contribution in [0.25, 0.3) is 0 Å². The first-order valence-electron chi connectivity index (χ1n) is 10.3. The number of carbonyl (C=O) groups is 1. The number of rotatable bonds is 6. The van der Waals surface area contributed by atoms with Crippen LogP contribution in [0.3, 0.4) is 0 Å². The van der Waals surface area contributed by atoms with E-state index in [1.165, 1.54) is 22.6 Å². The molecule has 182 valence electrons. The molecule has 1 saturated heterocycles. The predicted octanol–water partition coefficient (Wildman–Crippen LogP) is 1.44. The van der Waals surface area contributed by atoms with Gasteiger partial charge in [0.05, 0.1) is 4.90 Å². The van der Waals surface area contributed by atoms with Gasteiger partial charge in [-0.1, -0.05) is 12.1 Å². The van der Waals surface area contributed by atoms with Crippen molar-refractivity contribution >= 4 is 31.8 Å². The molecule has 2 aromatic rings. The fraction of sp³-hybridized carbons (Fsp3) is 0.286. The third-order valence-corrected chi connectivity index (χ3v) is 8.55. The maximum atomic E-state index is 14.7. The minimum absolute atomic E-state index is 0.0544. The molecule has 0 radical (unpaired) electrons. The minimum atomic E-state index is -4.28. The van der Waals surface area contributed by atoms with E-state index in [1.54, 1.807) is 16.9 Å². The number of benzene rings is 2. The Kier molecular flexibility index (Phi) is 6.16. The summed E-state index contributed by atoms with van der Waals surface area (Å²) in [6.07, 6.45) is 2.66. The van der Waals surface area contributed by atoms with E-state index in [2.05, 4.69) is 5.32 Å². The van der Waals surface area contributed by atoms with Crippen molar-refractivity contribution in [2.75, 3.05) is 17.4 Å².